The summed E-state index contributed by atoms with van der Waals surface area (Å²) in [5.41, 5.74) is 0.698. The van der Waals surface area contributed by atoms with Crippen LogP contribution in [0.3, 0.4) is 0 Å². The molecule has 7 nitrogen and oxygen atoms in total. The summed E-state index contributed by atoms with van der Waals surface area (Å²) in [6, 6.07) is 0.781. The van der Waals surface area contributed by atoms with Crippen molar-refractivity contribution in [3.8, 4) is 0 Å². The number of fused-ring (bicyclic) bond motifs is 7. The van der Waals surface area contributed by atoms with Crippen LogP contribution in [0.5, 0.6) is 0 Å². The number of carbonyl (C=O) groups excluding carboxylic acids is 2. The van der Waals surface area contributed by atoms with E-state index in [1.165, 1.54) is 63.4 Å². The van der Waals surface area contributed by atoms with E-state index in [4.69, 9.17) is 4.74 Å². The number of piperazine rings is 1. The lowest BCUT2D eigenvalue weighted by atomic mass is 9.32. The Kier molecular flexibility index (Phi) is 9.24. The summed E-state index contributed by atoms with van der Waals surface area (Å²) in [6.07, 6.45) is 14.6. The van der Waals surface area contributed by atoms with Gasteiger partial charge in [0.15, 0.2) is 0 Å². The lowest BCUT2D eigenvalue weighted by Gasteiger charge is -2.73. The molecule has 1 heterocycles. The number of carbonyl (C=O) groups is 3. The van der Waals surface area contributed by atoms with Crippen molar-refractivity contribution in [2.45, 2.75) is 157 Å². The summed E-state index contributed by atoms with van der Waals surface area (Å²) in [7, 11) is 0. The van der Waals surface area contributed by atoms with E-state index in [1.807, 2.05) is 0 Å². The second-order valence-electron chi connectivity index (χ2n) is 21.1. The highest BCUT2D eigenvalue weighted by Crippen LogP contribution is 2.78. The Labute approximate surface area is 309 Å². The van der Waals surface area contributed by atoms with Gasteiger partial charge >= 0.3 is 11.9 Å². The van der Waals surface area contributed by atoms with Gasteiger partial charge in [-0.05, 0) is 149 Å². The number of aliphatic carboxylic acids is 1. The third-order valence-electron chi connectivity index (χ3n) is 17.9. The molecule has 10 atom stereocenters. The van der Waals surface area contributed by atoms with Crippen molar-refractivity contribution in [1.82, 2.24) is 9.80 Å². The zero-order chi connectivity index (χ0) is 36.9. The van der Waals surface area contributed by atoms with Crippen LogP contribution in [0.15, 0.2) is 12.2 Å². The first kappa shape index (κ1) is 37.4. The summed E-state index contributed by atoms with van der Waals surface area (Å²) < 4.78 is 6.20. The van der Waals surface area contributed by atoms with Gasteiger partial charge in [0.05, 0.1) is 11.8 Å². The first-order valence-corrected chi connectivity index (χ1v) is 20.9. The van der Waals surface area contributed by atoms with Crippen molar-refractivity contribution < 1.29 is 24.2 Å². The molecule has 0 aromatic heterocycles. The number of amides is 1. The molecule has 7 aliphatic rings. The van der Waals surface area contributed by atoms with Gasteiger partial charge in [-0.2, -0.15) is 0 Å². The Bertz CT molecular complexity index is 1430. The summed E-state index contributed by atoms with van der Waals surface area (Å²) in [5, 5.41) is 9.62. The molecule has 51 heavy (non-hydrogen) atoms. The number of ether oxygens (including phenoxy) is 1. The van der Waals surface area contributed by atoms with E-state index >= 15 is 0 Å². The van der Waals surface area contributed by atoms with Gasteiger partial charge in [0.2, 0.25) is 5.91 Å². The van der Waals surface area contributed by atoms with Crippen LogP contribution in [0, 0.1) is 62.1 Å². The average Bonchev–Trinajstić information content (AvgIpc) is 3.83. The zero-order valence-electron chi connectivity index (χ0n) is 33.5. The number of nitrogens with zero attached hydrogens (tertiary/aromatic N) is 2. The van der Waals surface area contributed by atoms with E-state index in [-0.39, 0.29) is 45.6 Å². The second kappa shape index (κ2) is 12.6. The van der Waals surface area contributed by atoms with Gasteiger partial charge < -0.3 is 14.7 Å². The van der Waals surface area contributed by atoms with Crippen molar-refractivity contribution in [2.75, 3.05) is 26.2 Å². The largest absolute Gasteiger partial charge is 0.481 e. The lowest BCUT2D eigenvalue weighted by Crippen LogP contribution is -2.67. The van der Waals surface area contributed by atoms with E-state index in [1.54, 1.807) is 13.8 Å². The summed E-state index contributed by atoms with van der Waals surface area (Å²) in [6.45, 7) is 26.5. The van der Waals surface area contributed by atoms with Crippen LogP contribution in [-0.4, -0.2) is 71.1 Å². The van der Waals surface area contributed by atoms with Crippen LogP contribution in [0.25, 0.3) is 0 Å². The molecule has 0 unspecified atom stereocenters. The lowest BCUT2D eigenvalue weighted by molar-refractivity contribution is -0.250. The standard InChI is InChI=1S/C44H70N2O5/c1-28(2)30-14-19-44(26-35(47)46-24-22-45(23-25-46)29-10-11-29)21-20-42(8)31(37(30)44)12-13-33-41(7)17-16-34(51-36(48)27-39(3,4)38(49)50)40(5,6)32(41)15-18-43(33,42)9/h29-34,37H,1,10-27H2,2-9H3,(H,49,50)/t30-,31+,32-,33+,34-,37+,41-,42+,43+,44+/m0/s1. The molecule has 1 N–H and O–H groups in total. The molecule has 0 aromatic rings. The Morgan fingerprint density at radius 1 is 0.804 bits per heavy atom. The fourth-order valence-corrected chi connectivity index (χ4v) is 14.6. The molecule has 0 aromatic carbocycles. The molecular weight excluding hydrogens is 636 g/mol. The number of hydrogen-bond acceptors (Lipinski definition) is 5. The molecule has 7 fully saturated rings. The van der Waals surface area contributed by atoms with Crippen LogP contribution >= 0.6 is 0 Å². The average molecular weight is 707 g/mol. The van der Waals surface area contributed by atoms with Gasteiger partial charge in [-0.15, -0.1) is 0 Å². The van der Waals surface area contributed by atoms with Crippen molar-refractivity contribution in [2.24, 2.45) is 62.1 Å². The molecule has 1 amide bonds. The van der Waals surface area contributed by atoms with Crippen LogP contribution in [0.2, 0.25) is 0 Å². The van der Waals surface area contributed by atoms with Gasteiger partial charge in [-0.3, -0.25) is 19.3 Å². The molecule has 0 spiro atoms. The van der Waals surface area contributed by atoms with Gasteiger partial charge in [0, 0.05) is 44.1 Å². The molecule has 0 bridgehead atoms. The predicted octanol–water partition coefficient (Wildman–Crippen LogP) is 8.75. The van der Waals surface area contributed by atoms with E-state index in [2.05, 4.69) is 57.9 Å². The van der Waals surface area contributed by atoms with Crippen LogP contribution in [0.4, 0.5) is 0 Å². The molecule has 6 aliphatic carbocycles. The zero-order valence-corrected chi connectivity index (χ0v) is 33.5. The number of carboxylic acids is 1. The van der Waals surface area contributed by atoms with Crippen molar-refractivity contribution in [1.29, 1.82) is 0 Å². The molecule has 286 valence electrons. The number of esters is 1. The van der Waals surface area contributed by atoms with Crippen molar-refractivity contribution in [3.63, 3.8) is 0 Å². The fraction of sp³-hybridized carbons (Fsp3) is 0.886. The normalized spacial score (nSPS) is 43.6. The molecule has 1 saturated heterocycles. The third-order valence-corrected chi connectivity index (χ3v) is 17.9. The van der Waals surface area contributed by atoms with Crippen LogP contribution in [-0.2, 0) is 19.1 Å². The smallest absolute Gasteiger partial charge is 0.309 e. The molecule has 0 radical (unpaired) electrons. The maximum atomic E-state index is 14.2. The van der Waals surface area contributed by atoms with Crippen molar-refractivity contribution >= 4 is 17.8 Å². The monoisotopic (exact) mass is 707 g/mol. The maximum absolute atomic E-state index is 14.2. The highest BCUT2D eigenvalue weighted by atomic mass is 16.5. The molecular formula is C44H70N2O5. The minimum Gasteiger partial charge on any atom is -0.481 e. The molecule has 6 saturated carbocycles. The summed E-state index contributed by atoms with van der Waals surface area (Å²) in [5.74, 6) is 1.77. The van der Waals surface area contributed by atoms with Crippen LogP contribution in [0.1, 0.15) is 145 Å². The molecule has 7 heteroatoms. The first-order valence-electron chi connectivity index (χ1n) is 20.9. The number of carboxylic acid groups (broad SMARTS) is 1. The Hall–Kier alpha value is -1.89. The first-order chi connectivity index (χ1) is 23.8. The maximum Gasteiger partial charge on any atom is 0.309 e. The predicted molar refractivity (Wildman–Crippen MR) is 201 cm³/mol. The third kappa shape index (κ3) is 5.86. The van der Waals surface area contributed by atoms with E-state index in [0.29, 0.717) is 35.5 Å². The SMILES string of the molecule is C=C(C)[C@@H]1CC[C@]2(CC(=O)N3CCN(C4CC4)CC3)CC[C@]3(C)[C@H](CC[C@@H]4[C@@]5(C)CC[C@H](OC(=O)CC(C)(C)C(=O)O)C(C)(C)[C@@H]5CC[C@]43C)[C@@H]12. The minimum absolute atomic E-state index is 0.0991. The second-order valence-corrected chi connectivity index (χ2v) is 21.1. The Morgan fingerprint density at radius 2 is 1.49 bits per heavy atom. The van der Waals surface area contributed by atoms with Gasteiger partial charge in [-0.1, -0.05) is 46.8 Å². The van der Waals surface area contributed by atoms with Crippen LogP contribution < -0.4 is 0 Å². The quantitative estimate of drug-likeness (QED) is 0.201. The highest BCUT2D eigenvalue weighted by molar-refractivity contribution is 5.81. The molecule has 7 rings (SSSR count). The number of hydrogen-bond donors (Lipinski definition) is 1. The molecule has 1 aliphatic heterocycles. The fourth-order valence-electron chi connectivity index (χ4n) is 14.6. The highest BCUT2D eigenvalue weighted by Gasteiger charge is 2.71. The van der Waals surface area contributed by atoms with Gasteiger partial charge in [0.1, 0.15) is 6.10 Å². The number of rotatable bonds is 8. The van der Waals surface area contributed by atoms with Gasteiger partial charge in [0.25, 0.3) is 0 Å². The van der Waals surface area contributed by atoms with Crippen molar-refractivity contribution in [3.05, 3.63) is 12.2 Å². The summed E-state index contributed by atoms with van der Waals surface area (Å²) >= 11 is 0. The topological polar surface area (TPSA) is 87.2 Å². The summed E-state index contributed by atoms with van der Waals surface area (Å²) in [4.78, 5) is 43.9. The van der Waals surface area contributed by atoms with Gasteiger partial charge in [-0.25, -0.2) is 0 Å². The number of allylic oxidation sites excluding steroid dienone is 1. The van der Waals surface area contributed by atoms with E-state index < -0.39 is 11.4 Å². The Balaban J connectivity index is 1.10. The Morgan fingerprint density at radius 3 is 2.12 bits per heavy atom. The van der Waals surface area contributed by atoms with E-state index in [9.17, 15) is 19.5 Å². The minimum atomic E-state index is -1.14. The van der Waals surface area contributed by atoms with E-state index in [0.717, 1.165) is 57.9 Å².